The highest BCUT2D eigenvalue weighted by molar-refractivity contribution is 5.89. The Morgan fingerprint density at radius 3 is 3.05 bits per heavy atom. The second-order valence-electron chi connectivity index (χ2n) is 5.76. The molecule has 21 heavy (non-hydrogen) atoms. The van der Waals surface area contributed by atoms with E-state index in [-0.39, 0.29) is 11.6 Å². The van der Waals surface area contributed by atoms with Gasteiger partial charge >= 0.3 is 6.03 Å². The fourth-order valence-electron chi connectivity index (χ4n) is 3.26. The first-order chi connectivity index (χ1) is 10.1. The number of carbonyl (C=O) groups is 1. The number of aromatic nitrogens is 1. The van der Waals surface area contributed by atoms with Crippen LogP contribution in [0.25, 0.3) is 0 Å². The average molecular weight is 291 g/mol. The molecule has 0 saturated carbocycles. The lowest BCUT2D eigenvalue weighted by Crippen LogP contribution is -2.52. The number of ether oxygens (including phenoxy) is 1. The van der Waals surface area contributed by atoms with Gasteiger partial charge in [0.25, 0.3) is 0 Å². The van der Waals surface area contributed by atoms with Gasteiger partial charge in [-0.05, 0) is 37.8 Å². The Labute approximate surface area is 126 Å². The fraction of sp³-hybridized carbons (Fsp3) is 0.625. The van der Waals surface area contributed by atoms with Crippen LogP contribution in [-0.4, -0.2) is 41.7 Å². The molecule has 1 aliphatic rings. The zero-order chi connectivity index (χ0) is 15.3. The highest BCUT2D eigenvalue weighted by Crippen LogP contribution is 2.34. The Balaban J connectivity index is 2.15. The van der Waals surface area contributed by atoms with Gasteiger partial charge in [0, 0.05) is 19.9 Å². The summed E-state index contributed by atoms with van der Waals surface area (Å²) in [6, 6.07) is 3.74. The molecule has 1 aromatic rings. The number of nitrogens with one attached hydrogen (secondary N) is 1. The zero-order valence-corrected chi connectivity index (χ0v) is 13.2. The fourth-order valence-corrected chi connectivity index (χ4v) is 3.26. The molecule has 2 heterocycles. The van der Waals surface area contributed by atoms with Crippen molar-refractivity contribution in [3.8, 4) is 0 Å². The van der Waals surface area contributed by atoms with Crippen LogP contribution >= 0.6 is 0 Å². The number of anilines is 1. The predicted octanol–water partition coefficient (Wildman–Crippen LogP) is 3.20. The normalized spacial score (nSPS) is 21.6. The minimum Gasteiger partial charge on any atom is -0.382 e. The molecule has 1 fully saturated rings. The van der Waals surface area contributed by atoms with Gasteiger partial charge in [0.05, 0.1) is 12.1 Å². The number of hydrogen-bond donors (Lipinski definition) is 1. The lowest BCUT2D eigenvalue weighted by atomic mass is 9.91. The van der Waals surface area contributed by atoms with Crippen molar-refractivity contribution < 1.29 is 9.53 Å². The Kier molecular flexibility index (Phi) is 5.17. The maximum absolute atomic E-state index is 12.7. The van der Waals surface area contributed by atoms with E-state index in [9.17, 15) is 4.79 Å². The Hall–Kier alpha value is -1.62. The van der Waals surface area contributed by atoms with Crippen molar-refractivity contribution in [2.24, 2.45) is 0 Å². The van der Waals surface area contributed by atoms with Gasteiger partial charge in [0.1, 0.15) is 5.82 Å². The molecule has 0 spiro atoms. The van der Waals surface area contributed by atoms with Crippen LogP contribution in [-0.2, 0) is 4.74 Å². The number of carbonyl (C=O) groups excluding carboxylic acids is 1. The molecular weight excluding hydrogens is 266 g/mol. The zero-order valence-electron chi connectivity index (χ0n) is 13.2. The van der Waals surface area contributed by atoms with Crippen LogP contribution in [0.5, 0.6) is 0 Å². The van der Waals surface area contributed by atoms with E-state index >= 15 is 0 Å². The Bertz CT molecular complexity index is 484. The van der Waals surface area contributed by atoms with Gasteiger partial charge in [-0.3, -0.25) is 5.32 Å². The molecule has 5 nitrogen and oxygen atoms in total. The van der Waals surface area contributed by atoms with Gasteiger partial charge in [-0.1, -0.05) is 19.4 Å². The second kappa shape index (κ2) is 6.89. The van der Waals surface area contributed by atoms with E-state index in [0.29, 0.717) is 12.4 Å². The first kappa shape index (κ1) is 15.8. The first-order valence-corrected chi connectivity index (χ1v) is 7.62. The molecule has 1 saturated heterocycles. The molecule has 1 N–H and O–H groups in total. The smallest absolute Gasteiger partial charge is 0.323 e. The van der Waals surface area contributed by atoms with Crippen LogP contribution in [0.4, 0.5) is 10.6 Å². The first-order valence-electron chi connectivity index (χ1n) is 7.62. The number of amides is 2. The molecule has 0 bridgehead atoms. The number of nitrogens with zero attached hydrogens (tertiary/aromatic N) is 2. The molecule has 0 aromatic carbocycles. The second-order valence-corrected chi connectivity index (χ2v) is 5.76. The summed E-state index contributed by atoms with van der Waals surface area (Å²) in [7, 11) is 1.70. The summed E-state index contributed by atoms with van der Waals surface area (Å²) < 4.78 is 5.40. The topological polar surface area (TPSA) is 54.5 Å². The van der Waals surface area contributed by atoms with Crippen molar-refractivity contribution in [3.05, 3.63) is 23.9 Å². The van der Waals surface area contributed by atoms with E-state index < -0.39 is 0 Å². The Morgan fingerprint density at radius 2 is 2.38 bits per heavy atom. The van der Waals surface area contributed by atoms with Gasteiger partial charge in [-0.25, -0.2) is 9.78 Å². The van der Waals surface area contributed by atoms with E-state index in [2.05, 4.69) is 17.2 Å². The minimum atomic E-state index is -0.170. The number of aryl methyl sites for hydroxylation is 1. The highest BCUT2D eigenvalue weighted by atomic mass is 16.5. The van der Waals surface area contributed by atoms with Crippen molar-refractivity contribution >= 4 is 11.8 Å². The van der Waals surface area contributed by atoms with Gasteiger partial charge in [0.15, 0.2) is 0 Å². The van der Waals surface area contributed by atoms with E-state index in [0.717, 1.165) is 37.8 Å². The van der Waals surface area contributed by atoms with Crippen molar-refractivity contribution in [2.45, 2.75) is 45.1 Å². The number of methoxy groups -OCH3 is 1. The van der Waals surface area contributed by atoms with Crippen LogP contribution in [0.3, 0.4) is 0 Å². The van der Waals surface area contributed by atoms with Crippen molar-refractivity contribution in [1.82, 2.24) is 9.88 Å². The molecule has 0 aliphatic carbocycles. The molecule has 0 radical (unpaired) electrons. The monoisotopic (exact) mass is 291 g/mol. The maximum Gasteiger partial charge on any atom is 0.323 e. The quantitative estimate of drug-likeness (QED) is 0.906. The highest BCUT2D eigenvalue weighted by Gasteiger charge is 2.43. The van der Waals surface area contributed by atoms with Gasteiger partial charge in [0.2, 0.25) is 0 Å². The molecule has 5 heteroatoms. The summed E-state index contributed by atoms with van der Waals surface area (Å²) in [6.45, 7) is 5.46. The Morgan fingerprint density at radius 1 is 1.57 bits per heavy atom. The van der Waals surface area contributed by atoms with Crippen LogP contribution in [0, 0.1) is 6.92 Å². The SMILES string of the molecule is CCC[C@@]1(COC)CCCN1C(=O)Nc1ncccc1C. The van der Waals surface area contributed by atoms with Crippen LogP contribution in [0.15, 0.2) is 18.3 Å². The summed E-state index contributed by atoms with van der Waals surface area (Å²) in [5, 5.41) is 2.94. The third kappa shape index (κ3) is 3.35. The van der Waals surface area contributed by atoms with Gasteiger partial charge in [-0.2, -0.15) is 0 Å². The van der Waals surface area contributed by atoms with Crippen LogP contribution in [0.2, 0.25) is 0 Å². The summed E-state index contributed by atoms with van der Waals surface area (Å²) >= 11 is 0. The molecule has 1 atom stereocenters. The van der Waals surface area contributed by atoms with E-state index in [4.69, 9.17) is 4.74 Å². The number of likely N-dealkylation sites (tertiary alicyclic amines) is 1. The van der Waals surface area contributed by atoms with E-state index in [1.54, 1.807) is 13.3 Å². The largest absolute Gasteiger partial charge is 0.382 e. The maximum atomic E-state index is 12.7. The van der Waals surface area contributed by atoms with Crippen molar-refractivity contribution in [2.75, 3.05) is 25.6 Å². The van der Waals surface area contributed by atoms with Gasteiger partial charge < -0.3 is 9.64 Å². The number of rotatable bonds is 5. The number of hydrogen-bond acceptors (Lipinski definition) is 3. The predicted molar refractivity (Wildman–Crippen MR) is 83.4 cm³/mol. The lowest BCUT2D eigenvalue weighted by molar-refractivity contribution is 0.0539. The van der Waals surface area contributed by atoms with Crippen molar-refractivity contribution in [1.29, 1.82) is 0 Å². The van der Waals surface area contributed by atoms with Crippen LogP contribution < -0.4 is 5.32 Å². The lowest BCUT2D eigenvalue weighted by Gasteiger charge is -2.38. The van der Waals surface area contributed by atoms with Crippen LogP contribution in [0.1, 0.15) is 38.2 Å². The molecular formula is C16H25N3O2. The minimum absolute atomic E-state index is 0.0696. The summed E-state index contributed by atoms with van der Waals surface area (Å²) in [4.78, 5) is 18.8. The van der Waals surface area contributed by atoms with Gasteiger partial charge in [-0.15, -0.1) is 0 Å². The number of pyridine rings is 1. The third-order valence-electron chi connectivity index (χ3n) is 4.20. The molecule has 2 rings (SSSR count). The third-order valence-corrected chi connectivity index (χ3v) is 4.20. The molecule has 116 valence electrons. The van der Waals surface area contributed by atoms with E-state index in [1.165, 1.54) is 0 Å². The molecule has 1 aromatic heterocycles. The average Bonchev–Trinajstić information content (AvgIpc) is 2.86. The molecule has 0 unspecified atom stereocenters. The summed E-state index contributed by atoms with van der Waals surface area (Å²) in [6.07, 6.45) is 5.73. The summed E-state index contributed by atoms with van der Waals surface area (Å²) in [5.41, 5.74) is 0.800. The summed E-state index contributed by atoms with van der Waals surface area (Å²) in [5.74, 6) is 0.636. The molecule has 2 amide bonds. The number of urea groups is 1. The van der Waals surface area contributed by atoms with Crippen molar-refractivity contribution in [3.63, 3.8) is 0 Å². The molecule has 1 aliphatic heterocycles. The van der Waals surface area contributed by atoms with E-state index in [1.807, 2.05) is 24.0 Å². The standard InChI is InChI=1S/C16H25N3O2/c1-4-8-16(12-21-3)9-6-11-19(16)15(20)18-14-13(2)7-5-10-17-14/h5,7,10H,4,6,8-9,11-12H2,1-3H3,(H,17,18,20)/t16-/m0/s1.